The molecule has 4 N–H and O–H groups in total. The zero-order chi connectivity index (χ0) is 8.27. The van der Waals surface area contributed by atoms with Crippen LogP contribution in [0.2, 0.25) is 0 Å². The van der Waals surface area contributed by atoms with Gasteiger partial charge in [-0.05, 0) is 25.7 Å². The Morgan fingerprint density at radius 3 is 2.08 bits per heavy atom. The van der Waals surface area contributed by atoms with Gasteiger partial charge in [-0.25, -0.2) is 4.79 Å². The van der Waals surface area contributed by atoms with Gasteiger partial charge >= 0.3 is 6.09 Å². The summed E-state index contributed by atoms with van der Waals surface area (Å²) in [5.41, 5.74) is 5.65. The molecule has 1 amide bonds. The second-order valence-electron chi connectivity index (χ2n) is 3.06. The van der Waals surface area contributed by atoms with Gasteiger partial charge < -0.3 is 16.2 Å². The summed E-state index contributed by atoms with van der Waals surface area (Å²) in [6.45, 7) is 0. The van der Waals surface area contributed by atoms with Crippen LogP contribution in [0.5, 0.6) is 0 Å². The SMILES string of the molecule is Cl.Cl.N[C@H]1CC[C@H](NC(=O)O)CC1. The quantitative estimate of drug-likeness (QED) is 0.637. The highest BCUT2D eigenvalue weighted by molar-refractivity contribution is 5.85. The fourth-order valence-electron chi connectivity index (χ4n) is 1.44. The van der Waals surface area contributed by atoms with Crippen molar-refractivity contribution < 1.29 is 9.90 Å². The number of rotatable bonds is 1. The Balaban J connectivity index is 0. The van der Waals surface area contributed by atoms with Crippen molar-refractivity contribution in [3.05, 3.63) is 0 Å². The first-order valence-electron chi connectivity index (χ1n) is 3.93. The van der Waals surface area contributed by atoms with E-state index in [1.165, 1.54) is 0 Å². The van der Waals surface area contributed by atoms with Gasteiger partial charge in [-0.15, -0.1) is 24.8 Å². The van der Waals surface area contributed by atoms with Crippen LogP contribution in [0.4, 0.5) is 4.79 Å². The normalized spacial score (nSPS) is 26.5. The highest BCUT2D eigenvalue weighted by Crippen LogP contribution is 2.16. The molecule has 0 radical (unpaired) electrons. The summed E-state index contributed by atoms with van der Waals surface area (Å²) in [6.07, 6.45) is 2.71. The van der Waals surface area contributed by atoms with E-state index in [0.717, 1.165) is 25.7 Å². The zero-order valence-electron chi connectivity index (χ0n) is 7.23. The summed E-state index contributed by atoms with van der Waals surface area (Å²) >= 11 is 0. The zero-order valence-corrected chi connectivity index (χ0v) is 8.87. The third-order valence-electron chi connectivity index (χ3n) is 2.10. The highest BCUT2D eigenvalue weighted by atomic mass is 35.5. The lowest BCUT2D eigenvalue weighted by Crippen LogP contribution is -2.39. The van der Waals surface area contributed by atoms with Gasteiger partial charge in [-0.1, -0.05) is 0 Å². The lowest BCUT2D eigenvalue weighted by atomic mass is 9.92. The number of carboxylic acid groups (broad SMARTS) is 1. The van der Waals surface area contributed by atoms with Crippen LogP contribution in [-0.2, 0) is 0 Å². The summed E-state index contributed by atoms with van der Waals surface area (Å²) in [5, 5.41) is 10.9. The van der Waals surface area contributed by atoms with Crippen LogP contribution in [0.3, 0.4) is 0 Å². The summed E-state index contributed by atoms with van der Waals surface area (Å²) in [4.78, 5) is 10.2. The molecule has 80 valence electrons. The molecule has 1 rings (SSSR count). The van der Waals surface area contributed by atoms with Gasteiger partial charge in [0.15, 0.2) is 0 Å². The fraction of sp³-hybridized carbons (Fsp3) is 0.857. The van der Waals surface area contributed by atoms with E-state index < -0.39 is 6.09 Å². The molecule has 0 aromatic heterocycles. The molecule has 0 heterocycles. The molecule has 6 heteroatoms. The minimum atomic E-state index is -0.925. The van der Waals surface area contributed by atoms with Crippen molar-refractivity contribution in [2.24, 2.45) is 5.73 Å². The van der Waals surface area contributed by atoms with E-state index in [4.69, 9.17) is 10.8 Å². The second-order valence-corrected chi connectivity index (χ2v) is 3.06. The van der Waals surface area contributed by atoms with Crippen molar-refractivity contribution in [2.75, 3.05) is 0 Å². The standard InChI is InChI=1S/C7H14N2O2.2ClH/c8-5-1-3-6(4-2-5)9-7(10)11;;/h5-6,9H,1-4,8H2,(H,10,11);2*1H/t5-,6-;;. The first kappa shape index (κ1) is 15.3. The van der Waals surface area contributed by atoms with Crippen LogP contribution in [0, 0.1) is 0 Å². The summed E-state index contributed by atoms with van der Waals surface area (Å²) < 4.78 is 0. The van der Waals surface area contributed by atoms with E-state index in [-0.39, 0.29) is 36.9 Å². The van der Waals surface area contributed by atoms with Gasteiger partial charge in [-0.3, -0.25) is 0 Å². The fourth-order valence-corrected chi connectivity index (χ4v) is 1.44. The van der Waals surface area contributed by atoms with Gasteiger partial charge in [-0.2, -0.15) is 0 Å². The number of nitrogens with two attached hydrogens (primary N) is 1. The second kappa shape index (κ2) is 7.24. The van der Waals surface area contributed by atoms with Gasteiger partial charge in [0, 0.05) is 12.1 Å². The summed E-state index contributed by atoms with van der Waals surface area (Å²) in [5.74, 6) is 0. The largest absolute Gasteiger partial charge is 0.465 e. The Bertz CT molecular complexity index is 149. The minimum absolute atomic E-state index is 0. The minimum Gasteiger partial charge on any atom is -0.465 e. The van der Waals surface area contributed by atoms with Crippen LogP contribution in [0.25, 0.3) is 0 Å². The van der Waals surface area contributed by atoms with Crippen molar-refractivity contribution in [3.8, 4) is 0 Å². The molecule has 1 aliphatic rings. The molecule has 1 saturated carbocycles. The molecule has 0 saturated heterocycles. The Labute approximate surface area is 90.1 Å². The number of hydrogen-bond donors (Lipinski definition) is 3. The number of carbonyl (C=O) groups is 1. The van der Waals surface area contributed by atoms with Gasteiger partial charge in [0.2, 0.25) is 0 Å². The maximum atomic E-state index is 10.2. The Morgan fingerprint density at radius 1 is 1.23 bits per heavy atom. The predicted octanol–water partition coefficient (Wildman–Crippen LogP) is 1.37. The smallest absolute Gasteiger partial charge is 0.404 e. The molecule has 0 aromatic carbocycles. The summed E-state index contributed by atoms with van der Waals surface area (Å²) in [7, 11) is 0. The van der Waals surface area contributed by atoms with E-state index in [1.807, 2.05) is 0 Å². The Morgan fingerprint density at radius 2 is 1.69 bits per heavy atom. The molecule has 0 aromatic rings. The molecule has 0 bridgehead atoms. The highest BCUT2D eigenvalue weighted by Gasteiger charge is 2.19. The van der Waals surface area contributed by atoms with Gasteiger partial charge in [0.05, 0.1) is 0 Å². The molecule has 0 atom stereocenters. The van der Waals surface area contributed by atoms with Gasteiger partial charge in [0.25, 0.3) is 0 Å². The average Bonchev–Trinajstić information content (AvgIpc) is 1.93. The maximum Gasteiger partial charge on any atom is 0.404 e. The molecule has 0 spiro atoms. The third-order valence-corrected chi connectivity index (χ3v) is 2.10. The lowest BCUT2D eigenvalue weighted by Gasteiger charge is -2.25. The lowest BCUT2D eigenvalue weighted by molar-refractivity contribution is 0.185. The van der Waals surface area contributed by atoms with Crippen LogP contribution >= 0.6 is 24.8 Å². The van der Waals surface area contributed by atoms with E-state index in [2.05, 4.69) is 5.32 Å². The summed E-state index contributed by atoms with van der Waals surface area (Å²) in [6, 6.07) is 0.411. The van der Waals surface area contributed by atoms with E-state index in [0.29, 0.717) is 0 Å². The molecule has 0 unspecified atom stereocenters. The molecular formula is C7H16Cl2N2O2. The monoisotopic (exact) mass is 230 g/mol. The number of hydrogen-bond acceptors (Lipinski definition) is 2. The van der Waals surface area contributed by atoms with Crippen molar-refractivity contribution in [1.82, 2.24) is 5.32 Å². The van der Waals surface area contributed by atoms with E-state index in [9.17, 15) is 4.79 Å². The molecular weight excluding hydrogens is 215 g/mol. The molecule has 13 heavy (non-hydrogen) atoms. The first-order valence-corrected chi connectivity index (χ1v) is 3.93. The van der Waals surface area contributed by atoms with E-state index >= 15 is 0 Å². The number of halogens is 2. The maximum absolute atomic E-state index is 10.2. The van der Waals surface area contributed by atoms with Crippen molar-refractivity contribution in [2.45, 2.75) is 37.8 Å². The molecule has 0 aliphatic heterocycles. The number of amides is 1. The predicted molar refractivity (Wildman–Crippen MR) is 55.9 cm³/mol. The molecule has 4 nitrogen and oxygen atoms in total. The first-order chi connectivity index (χ1) is 5.18. The molecule has 1 aliphatic carbocycles. The van der Waals surface area contributed by atoms with Crippen molar-refractivity contribution >= 4 is 30.9 Å². The van der Waals surface area contributed by atoms with Crippen LogP contribution in [0.15, 0.2) is 0 Å². The Kier molecular flexibility index (Phi) is 8.51. The van der Waals surface area contributed by atoms with Crippen molar-refractivity contribution in [1.29, 1.82) is 0 Å². The molecule has 1 fully saturated rings. The van der Waals surface area contributed by atoms with Crippen LogP contribution in [-0.4, -0.2) is 23.3 Å². The van der Waals surface area contributed by atoms with Crippen LogP contribution in [0.1, 0.15) is 25.7 Å². The third kappa shape index (κ3) is 5.96. The topological polar surface area (TPSA) is 75.3 Å². The van der Waals surface area contributed by atoms with Crippen molar-refractivity contribution in [3.63, 3.8) is 0 Å². The van der Waals surface area contributed by atoms with Gasteiger partial charge in [0.1, 0.15) is 0 Å². The number of nitrogens with one attached hydrogen (secondary N) is 1. The Hall–Kier alpha value is -0.190. The average molecular weight is 231 g/mol. The van der Waals surface area contributed by atoms with Crippen LogP contribution < -0.4 is 11.1 Å². The van der Waals surface area contributed by atoms with E-state index in [1.54, 1.807) is 0 Å².